The van der Waals surface area contributed by atoms with Crippen molar-refractivity contribution in [3.63, 3.8) is 0 Å². The second-order valence-corrected chi connectivity index (χ2v) is 8.55. The quantitative estimate of drug-likeness (QED) is 0.420. The van der Waals surface area contributed by atoms with Crippen LogP contribution in [0.15, 0.2) is 71.4 Å². The van der Waals surface area contributed by atoms with Gasteiger partial charge in [-0.1, -0.05) is 17.7 Å². The number of hydrogen-bond donors (Lipinski definition) is 3. The lowest BCUT2D eigenvalue weighted by atomic mass is 10.0. The second kappa shape index (κ2) is 10.0. The van der Waals surface area contributed by atoms with Gasteiger partial charge in [-0.25, -0.2) is 0 Å². The maximum Gasteiger partial charge on any atom is 0.294 e. The number of rotatable bonds is 4. The molecule has 6 nitrogen and oxygen atoms in total. The molecule has 0 unspecified atom stereocenters. The van der Waals surface area contributed by atoms with Crippen LogP contribution in [0, 0.1) is 13.8 Å². The van der Waals surface area contributed by atoms with Crippen LogP contribution in [0.5, 0.6) is 0 Å². The normalized spacial score (nSPS) is 11.5. The Balaban J connectivity index is 0.000000232. The Bertz CT molecular complexity index is 1140. The number of nitrogens with two attached hydrogens (primary N) is 2. The third kappa shape index (κ3) is 7.02. The van der Waals surface area contributed by atoms with Crippen molar-refractivity contribution in [2.24, 2.45) is 0 Å². The molecule has 0 saturated heterocycles. The average molecular weight is 426 g/mol. The van der Waals surface area contributed by atoms with Crippen molar-refractivity contribution in [2.45, 2.75) is 32.1 Å². The van der Waals surface area contributed by atoms with E-state index in [9.17, 15) is 8.42 Å². The van der Waals surface area contributed by atoms with E-state index in [1.54, 1.807) is 6.92 Å². The highest BCUT2D eigenvalue weighted by molar-refractivity contribution is 7.85. The van der Waals surface area contributed by atoms with Crippen molar-refractivity contribution < 1.29 is 13.0 Å². The Kier molecular flexibility index (Phi) is 7.74. The molecule has 7 heteroatoms. The summed E-state index contributed by atoms with van der Waals surface area (Å²) in [6, 6.07) is 14.1. The van der Waals surface area contributed by atoms with Gasteiger partial charge in [-0.15, -0.1) is 0 Å². The molecule has 158 valence electrons. The lowest BCUT2D eigenvalue weighted by molar-refractivity contribution is 0.483. The third-order valence-electron chi connectivity index (χ3n) is 4.47. The molecule has 0 amide bonds. The molecule has 2 aromatic carbocycles. The Morgan fingerprint density at radius 2 is 1.67 bits per heavy atom. The van der Waals surface area contributed by atoms with Crippen LogP contribution in [0.3, 0.4) is 0 Å². The minimum atomic E-state index is -4.10. The van der Waals surface area contributed by atoms with Crippen LogP contribution in [0.1, 0.15) is 29.2 Å². The maximum absolute atomic E-state index is 10.6. The van der Waals surface area contributed by atoms with Crippen LogP contribution in [0.4, 0.5) is 11.4 Å². The van der Waals surface area contributed by atoms with Crippen LogP contribution < -0.4 is 11.5 Å². The number of anilines is 2. The van der Waals surface area contributed by atoms with Gasteiger partial charge in [-0.05, 0) is 91.9 Å². The number of aryl methyl sites for hydroxylation is 2. The molecule has 1 aromatic heterocycles. The topological polar surface area (TPSA) is 119 Å². The number of pyridine rings is 1. The third-order valence-corrected chi connectivity index (χ3v) is 5.32. The highest BCUT2D eigenvalue weighted by Crippen LogP contribution is 2.18. The smallest absolute Gasteiger partial charge is 0.294 e. The van der Waals surface area contributed by atoms with Crippen LogP contribution in [-0.4, -0.2) is 18.0 Å². The molecule has 0 bridgehead atoms. The number of allylic oxidation sites excluding steroid dienone is 1. The van der Waals surface area contributed by atoms with E-state index in [1.165, 1.54) is 40.5 Å². The first-order valence-corrected chi connectivity index (χ1v) is 10.8. The molecule has 3 aromatic rings. The zero-order valence-electron chi connectivity index (χ0n) is 17.3. The highest BCUT2D eigenvalue weighted by Gasteiger charge is 2.09. The van der Waals surface area contributed by atoms with Gasteiger partial charge in [0.15, 0.2) is 0 Å². The number of benzene rings is 2. The Labute approximate surface area is 178 Å². The predicted molar refractivity (Wildman–Crippen MR) is 123 cm³/mol. The van der Waals surface area contributed by atoms with E-state index in [0.717, 1.165) is 12.1 Å². The molecule has 0 aliphatic heterocycles. The summed E-state index contributed by atoms with van der Waals surface area (Å²) in [5, 5.41) is 0. The first kappa shape index (κ1) is 23.1. The fourth-order valence-corrected chi connectivity index (χ4v) is 3.37. The standard InChI is InChI=1S/C16H18N2.C7H9NO3S/c1-12(9-14-5-7-18-8-6-14)10-15-3-4-16(17)11-13(15)2;1-5-4-6(12(9,10)11)2-3-7(5)8/h3-8,10-11H,9,17H2,1-2H3;2-4H,8H2,1H3,(H,9,10,11). The van der Waals surface area contributed by atoms with Crippen molar-refractivity contribution >= 4 is 27.6 Å². The molecule has 0 fully saturated rings. The Morgan fingerprint density at radius 3 is 2.23 bits per heavy atom. The maximum atomic E-state index is 10.6. The molecular weight excluding hydrogens is 398 g/mol. The zero-order chi connectivity index (χ0) is 22.3. The Hall–Kier alpha value is -3.16. The molecule has 0 aliphatic carbocycles. The summed E-state index contributed by atoms with van der Waals surface area (Å²) in [5.74, 6) is 0. The molecule has 0 spiro atoms. The van der Waals surface area contributed by atoms with Crippen LogP contribution in [0.2, 0.25) is 0 Å². The van der Waals surface area contributed by atoms with E-state index >= 15 is 0 Å². The summed E-state index contributed by atoms with van der Waals surface area (Å²) < 4.78 is 29.9. The average Bonchev–Trinajstić information content (AvgIpc) is 2.67. The van der Waals surface area contributed by atoms with Gasteiger partial charge < -0.3 is 11.5 Å². The number of hydrogen-bond acceptors (Lipinski definition) is 5. The molecule has 0 saturated carbocycles. The van der Waals surface area contributed by atoms with E-state index in [4.69, 9.17) is 16.0 Å². The molecule has 0 radical (unpaired) electrons. The van der Waals surface area contributed by atoms with E-state index in [-0.39, 0.29) is 4.90 Å². The van der Waals surface area contributed by atoms with E-state index in [2.05, 4.69) is 31.0 Å². The minimum absolute atomic E-state index is 0.130. The van der Waals surface area contributed by atoms with Gasteiger partial charge in [0.05, 0.1) is 4.90 Å². The van der Waals surface area contributed by atoms with E-state index < -0.39 is 10.1 Å². The number of nitrogen functional groups attached to an aromatic ring is 2. The molecular formula is C23H27N3O3S. The van der Waals surface area contributed by atoms with Crippen molar-refractivity contribution in [1.82, 2.24) is 4.98 Å². The van der Waals surface area contributed by atoms with Gasteiger partial charge in [0.2, 0.25) is 0 Å². The van der Waals surface area contributed by atoms with Gasteiger partial charge in [0, 0.05) is 23.8 Å². The number of nitrogens with zero attached hydrogens (tertiary/aromatic N) is 1. The molecule has 30 heavy (non-hydrogen) atoms. The Morgan fingerprint density at radius 1 is 1.00 bits per heavy atom. The highest BCUT2D eigenvalue weighted by atomic mass is 32.2. The van der Waals surface area contributed by atoms with Crippen LogP contribution in [0.25, 0.3) is 6.08 Å². The summed E-state index contributed by atoms with van der Waals surface area (Å²) in [6.07, 6.45) is 6.83. The zero-order valence-corrected chi connectivity index (χ0v) is 18.1. The first-order chi connectivity index (χ1) is 14.1. The number of aromatic nitrogens is 1. The van der Waals surface area contributed by atoms with Crippen molar-refractivity contribution in [2.75, 3.05) is 11.5 Å². The second-order valence-electron chi connectivity index (χ2n) is 7.13. The molecule has 0 atom stereocenters. The van der Waals surface area contributed by atoms with Crippen molar-refractivity contribution in [1.29, 1.82) is 0 Å². The van der Waals surface area contributed by atoms with Crippen LogP contribution >= 0.6 is 0 Å². The summed E-state index contributed by atoms with van der Waals surface area (Å²) in [6.45, 7) is 5.90. The van der Waals surface area contributed by atoms with Gasteiger partial charge in [-0.3, -0.25) is 9.54 Å². The predicted octanol–water partition coefficient (Wildman–Crippen LogP) is 4.44. The van der Waals surface area contributed by atoms with Crippen molar-refractivity contribution in [3.05, 3.63) is 88.8 Å². The fraction of sp³-hybridized carbons (Fsp3) is 0.174. The van der Waals surface area contributed by atoms with Crippen molar-refractivity contribution in [3.8, 4) is 0 Å². The van der Waals surface area contributed by atoms with Gasteiger partial charge in [-0.2, -0.15) is 8.42 Å². The molecule has 5 N–H and O–H groups in total. The SMILES string of the molecule is CC(=Cc1ccc(N)cc1C)Cc1ccncc1.Cc1cc(S(=O)(=O)O)ccc1N. The van der Waals surface area contributed by atoms with Crippen LogP contribution in [-0.2, 0) is 16.5 Å². The minimum Gasteiger partial charge on any atom is -0.399 e. The monoisotopic (exact) mass is 425 g/mol. The first-order valence-electron chi connectivity index (χ1n) is 9.32. The summed E-state index contributed by atoms with van der Waals surface area (Å²) in [4.78, 5) is 3.90. The molecule has 3 rings (SSSR count). The lowest BCUT2D eigenvalue weighted by Gasteiger charge is -2.05. The largest absolute Gasteiger partial charge is 0.399 e. The summed E-state index contributed by atoms with van der Waals surface area (Å²) in [5.41, 5.74) is 18.2. The summed E-state index contributed by atoms with van der Waals surface area (Å²) in [7, 11) is -4.10. The lowest BCUT2D eigenvalue weighted by Crippen LogP contribution is -1.99. The van der Waals surface area contributed by atoms with Gasteiger partial charge >= 0.3 is 0 Å². The van der Waals surface area contributed by atoms with Gasteiger partial charge in [0.1, 0.15) is 0 Å². The fourth-order valence-electron chi connectivity index (χ4n) is 2.81. The molecule has 0 aliphatic rings. The summed E-state index contributed by atoms with van der Waals surface area (Å²) >= 11 is 0. The van der Waals surface area contributed by atoms with Gasteiger partial charge in [0.25, 0.3) is 10.1 Å². The van der Waals surface area contributed by atoms with E-state index in [1.807, 2.05) is 36.7 Å². The molecule has 1 heterocycles. The van der Waals surface area contributed by atoms with E-state index in [0.29, 0.717) is 11.3 Å².